The molecule has 1 heterocycles. The third-order valence-electron chi connectivity index (χ3n) is 2.36. The van der Waals surface area contributed by atoms with Crippen LogP contribution in [-0.4, -0.2) is 31.0 Å². The van der Waals surface area contributed by atoms with Crippen LogP contribution in [0.25, 0.3) is 0 Å². The summed E-state index contributed by atoms with van der Waals surface area (Å²) in [6.07, 6.45) is 1.50. The van der Waals surface area contributed by atoms with Crippen molar-refractivity contribution in [3.05, 3.63) is 23.9 Å². The molecule has 1 aromatic rings. The predicted octanol–water partition coefficient (Wildman–Crippen LogP) is 1.16. The first-order valence-electron chi connectivity index (χ1n) is 5.87. The zero-order chi connectivity index (χ0) is 13.5. The SMILES string of the molecule is CC(C)CNC(=O)CN(C)c1ccc(C#N)cn1. The van der Waals surface area contributed by atoms with E-state index in [9.17, 15) is 4.79 Å². The largest absolute Gasteiger partial charge is 0.354 e. The van der Waals surface area contributed by atoms with Crippen LogP contribution in [0, 0.1) is 17.2 Å². The van der Waals surface area contributed by atoms with Crippen LogP contribution in [-0.2, 0) is 4.79 Å². The third-order valence-corrected chi connectivity index (χ3v) is 2.36. The lowest BCUT2D eigenvalue weighted by Crippen LogP contribution is -2.37. The molecule has 1 amide bonds. The van der Waals surface area contributed by atoms with Crippen molar-refractivity contribution in [1.29, 1.82) is 5.26 Å². The number of hydrogen-bond donors (Lipinski definition) is 1. The fourth-order valence-electron chi connectivity index (χ4n) is 1.35. The zero-order valence-corrected chi connectivity index (χ0v) is 11.0. The fourth-order valence-corrected chi connectivity index (χ4v) is 1.35. The first-order valence-corrected chi connectivity index (χ1v) is 5.87. The molecule has 5 nitrogen and oxygen atoms in total. The summed E-state index contributed by atoms with van der Waals surface area (Å²) in [6, 6.07) is 5.42. The number of hydrogen-bond acceptors (Lipinski definition) is 4. The van der Waals surface area contributed by atoms with Crippen molar-refractivity contribution in [2.45, 2.75) is 13.8 Å². The van der Waals surface area contributed by atoms with Gasteiger partial charge >= 0.3 is 0 Å². The van der Waals surface area contributed by atoms with Crippen LogP contribution in [0.5, 0.6) is 0 Å². The number of pyridine rings is 1. The van der Waals surface area contributed by atoms with E-state index in [0.29, 0.717) is 23.8 Å². The maximum atomic E-state index is 11.6. The van der Waals surface area contributed by atoms with E-state index >= 15 is 0 Å². The number of rotatable bonds is 5. The van der Waals surface area contributed by atoms with Crippen LogP contribution in [0.2, 0.25) is 0 Å². The Hall–Kier alpha value is -2.09. The van der Waals surface area contributed by atoms with Gasteiger partial charge in [-0.3, -0.25) is 4.79 Å². The molecule has 1 rings (SSSR count). The zero-order valence-electron chi connectivity index (χ0n) is 11.0. The van der Waals surface area contributed by atoms with Gasteiger partial charge in [-0.2, -0.15) is 5.26 Å². The maximum absolute atomic E-state index is 11.6. The lowest BCUT2D eigenvalue weighted by molar-refractivity contribution is -0.119. The van der Waals surface area contributed by atoms with Gasteiger partial charge < -0.3 is 10.2 Å². The molecule has 0 aliphatic heterocycles. The van der Waals surface area contributed by atoms with E-state index in [-0.39, 0.29) is 12.5 Å². The Morgan fingerprint density at radius 2 is 2.28 bits per heavy atom. The first kappa shape index (κ1) is 14.0. The Bertz CT molecular complexity index is 433. The molecule has 1 aromatic heterocycles. The van der Waals surface area contributed by atoms with Gasteiger partial charge in [-0.05, 0) is 18.1 Å². The summed E-state index contributed by atoms with van der Waals surface area (Å²) in [5.41, 5.74) is 0.511. The van der Waals surface area contributed by atoms with Gasteiger partial charge in [0, 0.05) is 19.8 Å². The molecular formula is C13H18N4O. The number of nitrogens with zero attached hydrogens (tertiary/aromatic N) is 3. The monoisotopic (exact) mass is 246 g/mol. The maximum Gasteiger partial charge on any atom is 0.239 e. The lowest BCUT2D eigenvalue weighted by Gasteiger charge is -2.18. The second-order valence-electron chi connectivity index (χ2n) is 4.57. The van der Waals surface area contributed by atoms with Crippen LogP contribution in [0.3, 0.4) is 0 Å². The van der Waals surface area contributed by atoms with Gasteiger partial charge in [0.15, 0.2) is 0 Å². The van der Waals surface area contributed by atoms with Gasteiger partial charge in [-0.15, -0.1) is 0 Å². The highest BCUT2D eigenvalue weighted by molar-refractivity contribution is 5.80. The van der Waals surface area contributed by atoms with E-state index in [1.165, 1.54) is 6.20 Å². The Balaban J connectivity index is 2.51. The Morgan fingerprint density at radius 3 is 2.78 bits per heavy atom. The number of anilines is 1. The van der Waals surface area contributed by atoms with Crippen molar-refractivity contribution in [3.8, 4) is 6.07 Å². The van der Waals surface area contributed by atoms with Gasteiger partial charge in [-0.1, -0.05) is 13.8 Å². The Morgan fingerprint density at radius 1 is 1.56 bits per heavy atom. The topological polar surface area (TPSA) is 69.0 Å². The minimum Gasteiger partial charge on any atom is -0.354 e. The van der Waals surface area contributed by atoms with Crippen LogP contribution in [0.1, 0.15) is 19.4 Å². The highest BCUT2D eigenvalue weighted by Crippen LogP contribution is 2.08. The molecule has 0 aromatic carbocycles. The Kier molecular flexibility index (Phi) is 5.12. The molecule has 96 valence electrons. The van der Waals surface area contributed by atoms with E-state index in [1.54, 1.807) is 24.1 Å². The average molecular weight is 246 g/mol. The minimum absolute atomic E-state index is 0.0302. The smallest absolute Gasteiger partial charge is 0.239 e. The number of carbonyl (C=O) groups is 1. The molecule has 0 aliphatic carbocycles. The molecule has 0 saturated heterocycles. The van der Waals surface area contributed by atoms with Crippen LogP contribution >= 0.6 is 0 Å². The first-order chi connectivity index (χ1) is 8.52. The minimum atomic E-state index is -0.0302. The second kappa shape index (κ2) is 6.60. The summed E-state index contributed by atoms with van der Waals surface area (Å²) in [4.78, 5) is 17.5. The van der Waals surface area contributed by atoms with Crippen LogP contribution in [0.15, 0.2) is 18.3 Å². The summed E-state index contributed by atoms with van der Waals surface area (Å²) in [5, 5.41) is 11.5. The van der Waals surface area contributed by atoms with Gasteiger partial charge in [0.2, 0.25) is 5.91 Å². The summed E-state index contributed by atoms with van der Waals surface area (Å²) in [7, 11) is 1.79. The summed E-state index contributed by atoms with van der Waals surface area (Å²) in [6.45, 7) is 5.03. The van der Waals surface area contributed by atoms with E-state index in [4.69, 9.17) is 5.26 Å². The number of likely N-dealkylation sites (N-methyl/N-ethyl adjacent to an activating group) is 1. The summed E-state index contributed by atoms with van der Waals surface area (Å²) < 4.78 is 0. The average Bonchev–Trinajstić information content (AvgIpc) is 2.36. The van der Waals surface area contributed by atoms with Gasteiger partial charge in [0.25, 0.3) is 0 Å². The van der Waals surface area contributed by atoms with Crippen molar-refractivity contribution in [1.82, 2.24) is 10.3 Å². The molecule has 0 radical (unpaired) electrons. The van der Waals surface area contributed by atoms with E-state index in [0.717, 1.165) is 0 Å². The number of amides is 1. The lowest BCUT2D eigenvalue weighted by atomic mass is 10.2. The van der Waals surface area contributed by atoms with Crippen molar-refractivity contribution in [2.75, 3.05) is 25.0 Å². The van der Waals surface area contributed by atoms with Crippen molar-refractivity contribution >= 4 is 11.7 Å². The molecule has 0 fully saturated rings. The molecule has 5 heteroatoms. The Labute approximate surface area is 107 Å². The highest BCUT2D eigenvalue weighted by Gasteiger charge is 2.08. The number of carbonyl (C=O) groups excluding carboxylic acids is 1. The van der Waals surface area contributed by atoms with Crippen molar-refractivity contribution in [3.63, 3.8) is 0 Å². The van der Waals surface area contributed by atoms with Gasteiger partial charge in [0.1, 0.15) is 11.9 Å². The molecule has 0 saturated carbocycles. The molecule has 18 heavy (non-hydrogen) atoms. The number of nitriles is 1. The molecule has 0 spiro atoms. The van der Waals surface area contributed by atoms with Crippen LogP contribution in [0.4, 0.5) is 5.82 Å². The van der Waals surface area contributed by atoms with Gasteiger partial charge in [0.05, 0.1) is 12.1 Å². The van der Waals surface area contributed by atoms with Crippen molar-refractivity contribution < 1.29 is 4.79 Å². The number of nitrogens with one attached hydrogen (secondary N) is 1. The highest BCUT2D eigenvalue weighted by atomic mass is 16.2. The van der Waals surface area contributed by atoms with E-state index in [2.05, 4.69) is 10.3 Å². The summed E-state index contributed by atoms with van der Waals surface area (Å²) >= 11 is 0. The molecule has 0 atom stereocenters. The van der Waals surface area contributed by atoms with E-state index in [1.807, 2.05) is 19.9 Å². The van der Waals surface area contributed by atoms with Crippen LogP contribution < -0.4 is 10.2 Å². The standard InChI is InChI=1S/C13H18N4O/c1-10(2)7-16-13(18)9-17(3)12-5-4-11(6-14)8-15-12/h4-5,8,10H,7,9H2,1-3H3,(H,16,18). The normalized spacial score (nSPS) is 9.94. The fraction of sp³-hybridized carbons (Fsp3) is 0.462. The quantitative estimate of drug-likeness (QED) is 0.846. The molecule has 0 aliphatic rings. The van der Waals surface area contributed by atoms with E-state index < -0.39 is 0 Å². The predicted molar refractivity (Wildman–Crippen MR) is 70.1 cm³/mol. The second-order valence-corrected chi connectivity index (χ2v) is 4.57. The third kappa shape index (κ3) is 4.42. The summed E-state index contributed by atoms with van der Waals surface area (Å²) in [5.74, 6) is 1.08. The van der Waals surface area contributed by atoms with Crippen molar-refractivity contribution in [2.24, 2.45) is 5.92 Å². The number of aromatic nitrogens is 1. The van der Waals surface area contributed by atoms with Gasteiger partial charge in [-0.25, -0.2) is 4.98 Å². The molecule has 0 bridgehead atoms. The molecule has 1 N–H and O–H groups in total. The molecule has 0 unspecified atom stereocenters. The molecular weight excluding hydrogens is 228 g/mol.